The predicted molar refractivity (Wildman–Crippen MR) is 107 cm³/mol. The number of benzene rings is 2. The Bertz CT molecular complexity index is 950. The molecule has 0 aliphatic heterocycles. The number of nitrogens with zero attached hydrogens (tertiary/aromatic N) is 1. The van der Waals surface area contributed by atoms with Crippen LogP contribution in [0.5, 0.6) is 5.75 Å². The van der Waals surface area contributed by atoms with Crippen LogP contribution in [0.2, 0.25) is 0 Å². The van der Waals surface area contributed by atoms with Crippen molar-refractivity contribution < 1.29 is 9.53 Å². The van der Waals surface area contributed by atoms with Crippen LogP contribution in [-0.2, 0) is 0 Å². The van der Waals surface area contributed by atoms with E-state index in [1.165, 1.54) is 11.3 Å². The molecular weight excluding hydrogens is 346 g/mol. The quantitative estimate of drug-likeness (QED) is 0.661. The molecule has 0 radical (unpaired) electrons. The van der Waals surface area contributed by atoms with Gasteiger partial charge in [-0.05, 0) is 50.1 Å². The van der Waals surface area contributed by atoms with Gasteiger partial charge in [0.2, 0.25) is 0 Å². The van der Waals surface area contributed by atoms with Crippen molar-refractivity contribution in [2.24, 2.45) is 0 Å². The van der Waals surface area contributed by atoms with Gasteiger partial charge in [-0.2, -0.15) is 0 Å². The largest absolute Gasteiger partial charge is 0.495 e. The number of hydrogen-bond donors (Lipinski definition) is 2. The first kappa shape index (κ1) is 17.9. The van der Waals surface area contributed by atoms with E-state index in [-0.39, 0.29) is 5.91 Å². The van der Waals surface area contributed by atoms with Crippen molar-refractivity contribution in [1.29, 1.82) is 0 Å². The highest BCUT2D eigenvalue weighted by molar-refractivity contribution is 7.14. The van der Waals surface area contributed by atoms with Crippen molar-refractivity contribution in [3.63, 3.8) is 0 Å². The Hall–Kier alpha value is -2.86. The van der Waals surface area contributed by atoms with Crippen LogP contribution in [0, 0.1) is 20.8 Å². The van der Waals surface area contributed by atoms with E-state index in [4.69, 9.17) is 4.74 Å². The molecule has 0 atom stereocenters. The number of carbonyl (C=O) groups excluding carboxylic acids is 1. The van der Waals surface area contributed by atoms with Crippen molar-refractivity contribution in [3.8, 4) is 5.75 Å². The Kier molecular flexibility index (Phi) is 5.23. The van der Waals surface area contributed by atoms with E-state index in [2.05, 4.69) is 15.6 Å². The smallest absolute Gasteiger partial charge is 0.275 e. The molecule has 0 spiro atoms. The van der Waals surface area contributed by atoms with E-state index in [0.717, 1.165) is 33.8 Å². The third kappa shape index (κ3) is 4.03. The van der Waals surface area contributed by atoms with Crippen LogP contribution >= 0.6 is 11.3 Å². The van der Waals surface area contributed by atoms with E-state index < -0.39 is 0 Å². The summed E-state index contributed by atoms with van der Waals surface area (Å²) in [5.74, 6) is 0.504. The highest BCUT2D eigenvalue weighted by Crippen LogP contribution is 2.30. The molecule has 2 aromatic carbocycles. The van der Waals surface area contributed by atoms with Gasteiger partial charge >= 0.3 is 0 Å². The molecule has 1 aromatic heterocycles. The minimum Gasteiger partial charge on any atom is -0.495 e. The normalized spacial score (nSPS) is 10.5. The number of carbonyl (C=O) groups is 1. The number of anilines is 3. The van der Waals surface area contributed by atoms with Gasteiger partial charge in [-0.3, -0.25) is 4.79 Å². The van der Waals surface area contributed by atoms with Crippen molar-refractivity contribution in [2.45, 2.75) is 20.8 Å². The fourth-order valence-electron chi connectivity index (χ4n) is 2.61. The summed E-state index contributed by atoms with van der Waals surface area (Å²) >= 11 is 1.38. The first-order valence-electron chi connectivity index (χ1n) is 8.22. The lowest BCUT2D eigenvalue weighted by Gasteiger charge is -2.10. The Labute approximate surface area is 157 Å². The van der Waals surface area contributed by atoms with E-state index in [1.807, 2.05) is 57.2 Å². The van der Waals surface area contributed by atoms with Crippen molar-refractivity contribution >= 4 is 33.8 Å². The predicted octanol–water partition coefficient (Wildman–Crippen LogP) is 5.07. The van der Waals surface area contributed by atoms with E-state index in [0.29, 0.717) is 10.8 Å². The maximum Gasteiger partial charge on any atom is 0.275 e. The molecule has 1 amide bonds. The molecule has 0 unspecified atom stereocenters. The Morgan fingerprint density at radius 3 is 2.50 bits per heavy atom. The fourth-order valence-corrected chi connectivity index (χ4v) is 3.31. The lowest BCUT2D eigenvalue weighted by Crippen LogP contribution is -2.13. The zero-order valence-electron chi connectivity index (χ0n) is 15.2. The number of nitrogens with one attached hydrogen (secondary N) is 2. The zero-order valence-corrected chi connectivity index (χ0v) is 16.0. The minimum absolute atomic E-state index is 0.225. The second-order valence-corrected chi connectivity index (χ2v) is 7.00. The summed E-state index contributed by atoms with van der Waals surface area (Å²) in [7, 11) is 1.63. The molecule has 0 aliphatic carbocycles. The molecule has 0 bridgehead atoms. The van der Waals surface area contributed by atoms with Gasteiger partial charge in [0, 0.05) is 11.1 Å². The number of aromatic nitrogens is 1. The highest BCUT2D eigenvalue weighted by atomic mass is 32.1. The number of ether oxygens (including phenoxy) is 1. The van der Waals surface area contributed by atoms with Crippen LogP contribution in [0.4, 0.5) is 16.5 Å². The lowest BCUT2D eigenvalue weighted by atomic mass is 10.1. The van der Waals surface area contributed by atoms with Crippen LogP contribution in [0.3, 0.4) is 0 Å². The molecule has 3 aromatic rings. The molecule has 134 valence electrons. The van der Waals surface area contributed by atoms with Crippen LogP contribution in [0.1, 0.15) is 27.2 Å². The van der Waals surface area contributed by atoms with Gasteiger partial charge in [0.05, 0.1) is 12.8 Å². The summed E-state index contributed by atoms with van der Waals surface area (Å²) in [6.45, 7) is 6.01. The lowest BCUT2D eigenvalue weighted by molar-refractivity contribution is 0.102. The molecule has 0 aliphatic rings. The van der Waals surface area contributed by atoms with E-state index in [9.17, 15) is 4.79 Å². The topological polar surface area (TPSA) is 63.2 Å². The molecule has 1 heterocycles. The summed E-state index contributed by atoms with van der Waals surface area (Å²) in [5, 5.41) is 8.52. The monoisotopic (exact) mass is 367 g/mol. The first-order valence-corrected chi connectivity index (χ1v) is 9.10. The third-order valence-electron chi connectivity index (χ3n) is 3.96. The zero-order chi connectivity index (χ0) is 18.7. The van der Waals surface area contributed by atoms with Gasteiger partial charge in [-0.25, -0.2) is 4.98 Å². The van der Waals surface area contributed by atoms with Crippen molar-refractivity contribution in [3.05, 3.63) is 64.2 Å². The summed E-state index contributed by atoms with van der Waals surface area (Å²) in [6.07, 6.45) is 0. The SMILES string of the molecule is COc1ccc(C)cc1Nc1nc(C(=O)Nc2ccc(C)cc2C)cs1. The standard InChI is InChI=1S/C20H21N3O2S/c1-12-5-7-15(14(3)9-12)21-19(24)17-11-26-20(23-17)22-16-10-13(2)6-8-18(16)25-4/h5-11H,1-4H3,(H,21,24)(H,22,23). The number of amides is 1. The summed E-state index contributed by atoms with van der Waals surface area (Å²) < 4.78 is 5.36. The number of aryl methyl sites for hydroxylation is 3. The van der Waals surface area contributed by atoms with Gasteiger partial charge < -0.3 is 15.4 Å². The summed E-state index contributed by atoms with van der Waals surface area (Å²) in [6, 6.07) is 11.8. The second kappa shape index (κ2) is 7.58. The molecule has 0 saturated carbocycles. The van der Waals surface area contributed by atoms with Gasteiger partial charge in [-0.1, -0.05) is 23.8 Å². The molecule has 2 N–H and O–H groups in total. The molecule has 26 heavy (non-hydrogen) atoms. The van der Waals surface area contributed by atoms with Crippen molar-refractivity contribution in [1.82, 2.24) is 4.98 Å². The van der Waals surface area contributed by atoms with E-state index >= 15 is 0 Å². The Morgan fingerprint density at radius 2 is 1.77 bits per heavy atom. The third-order valence-corrected chi connectivity index (χ3v) is 4.72. The Morgan fingerprint density at radius 1 is 1.04 bits per heavy atom. The average molecular weight is 367 g/mol. The minimum atomic E-state index is -0.225. The maximum atomic E-state index is 12.5. The summed E-state index contributed by atoms with van der Waals surface area (Å²) in [5.41, 5.74) is 5.29. The maximum absolute atomic E-state index is 12.5. The van der Waals surface area contributed by atoms with E-state index in [1.54, 1.807) is 12.5 Å². The highest BCUT2D eigenvalue weighted by Gasteiger charge is 2.13. The number of methoxy groups -OCH3 is 1. The second-order valence-electron chi connectivity index (χ2n) is 6.14. The number of rotatable bonds is 5. The van der Waals surface area contributed by atoms with Crippen LogP contribution < -0.4 is 15.4 Å². The molecular formula is C20H21N3O2S. The van der Waals surface area contributed by atoms with Gasteiger partial charge in [0.25, 0.3) is 5.91 Å². The summed E-state index contributed by atoms with van der Waals surface area (Å²) in [4.78, 5) is 16.9. The van der Waals surface area contributed by atoms with Crippen LogP contribution in [0.25, 0.3) is 0 Å². The molecule has 0 fully saturated rings. The molecule has 0 saturated heterocycles. The molecule has 6 heteroatoms. The molecule has 5 nitrogen and oxygen atoms in total. The Balaban J connectivity index is 1.75. The number of hydrogen-bond acceptors (Lipinski definition) is 5. The van der Waals surface area contributed by atoms with Gasteiger partial charge in [0.15, 0.2) is 5.13 Å². The molecule has 3 rings (SSSR count). The van der Waals surface area contributed by atoms with Crippen LogP contribution in [0.15, 0.2) is 41.8 Å². The average Bonchev–Trinajstić information content (AvgIpc) is 3.06. The van der Waals surface area contributed by atoms with Gasteiger partial charge in [-0.15, -0.1) is 11.3 Å². The number of thiazole rings is 1. The van der Waals surface area contributed by atoms with Crippen molar-refractivity contribution in [2.75, 3.05) is 17.7 Å². The fraction of sp³-hybridized carbons (Fsp3) is 0.200. The first-order chi connectivity index (χ1) is 12.5. The van der Waals surface area contributed by atoms with Crippen LogP contribution in [-0.4, -0.2) is 18.0 Å². The van der Waals surface area contributed by atoms with Gasteiger partial charge in [0.1, 0.15) is 11.4 Å².